The highest BCUT2D eigenvalue weighted by atomic mass is 16.2. The first kappa shape index (κ1) is 11.4. The minimum Gasteiger partial charge on any atom is -0.341 e. The number of pyridine rings is 1. The number of fused-ring (bicyclic) bond motifs is 1. The first-order valence-electron chi connectivity index (χ1n) is 5.45. The molecule has 90 valence electrons. The van der Waals surface area contributed by atoms with Gasteiger partial charge in [-0.25, -0.2) is 4.79 Å². The number of anilines is 1. The van der Waals surface area contributed by atoms with Crippen LogP contribution in [0.4, 0.5) is 10.5 Å². The second kappa shape index (κ2) is 4.40. The summed E-state index contributed by atoms with van der Waals surface area (Å²) >= 11 is 0. The van der Waals surface area contributed by atoms with Crippen LogP contribution in [0.3, 0.4) is 0 Å². The highest BCUT2D eigenvalue weighted by Gasteiger charge is 2.09. The number of hydrogen-bond acceptors (Lipinski definition) is 3. The maximum Gasteiger partial charge on any atom is 0.319 e. The van der Waals surface area contributed by atoms with Crippen molar-refractivity contribution < 1.29 is 4.79 Å². The predicted octanol–water partition coefficient (Wildman–Crippen LogP) is 1.60. The molecule has 0 saturated carbocycles. The normalized spacial score (nSPS) is 10.8. The van der Waals surface area contributed by atoms with Gasteiger partial charge in [0.1, 0.15) is 5.82 Å². The summed E-state index contributed by atoms with van der Waals surface area (Å²) in [6.07, 6.45) is 1.82. The Labute approximate surface area is 99.0 Å². The molecule has 2 aromatic heterocycles. The summed E-state index contributed by atoms with van der Waals surface area (Å²) < 4.78 is 1.88. The fraction of sp³-hybridized carbons (Fsp3) is 0.364. The molecule has 2 heterocycles. The number of urea groups is 1. The third-order valence-electron chi connectivity index (χ3n) is 2.43. The van der Waals surface area contributed by atoms with Crippen LogP contribution >= 0.6 is 0 Å². The van der Waals surface area contributed by atoms with Crippen LogP contribution in [-0.4, -0.2) is 27.7 Å². The van der Waals surface area contributed by atoms with Crippen LogP contribution in [0.5, 0.6) is 0 Å². The highest BCUT2D eigenvalue weighted by Crippen LogP contribution is 2.16. The summed E-state index contributed by atoms with van der Waals surface area (Å²) in [5.74, 6) is 1.15. The lowest BCUT2D eigenvalue weighted by Crippen LogP contribution is -2.24. The van der Waals surface area contributed by atoms with Crippen molar-refractivity contribution in [3.05, 3.63) is 24.2 Å². The molecule has 2 N–H and O–H groups in total. The minimum absolute atomic E-state index is 0.247. The van der Waals surface area contributed by atoms with Gasteiger partial charge in [-0.3, -0.25) is 4.40 Å². The first-order valence-corrected chi connectivity index (χ1v) is 5.45. The molecule has 2 aromatic rings. The monoisotopic (exact) mass is 233 g/mol. The smallest absolute Gasteiger partial charge is 0.319 e. The number of amides is 2. The molecular formula is C11H15N5O. The second-order valence-corrected chi connectivity index (χ2v) is 4.06. The molecule has 0 unspecified atom stereocenters. The highest BCUT2D eigenvalue weighted by molar-refractivity contribution is 5.88. The van der Waals surface area contributed by atoms with Gasteiger partial charge in [0.25, 0.3) is 0 Å². The summed E-state index contributed by atoms with van der Waals surface area (Å²) in [7, 11) is 1.58. The zero-order valence-corrected chi connectivity index (χ0v) is 10.1. The van der Waals surface area contributed by atoms with E-state index in [0.717, 1.165) is 11.5 Å². The Kier molecular flexibility index (Phi) is 2.95. The molecule has 0 fully saturated rings. The lowest BCUT2D eigenvalue weighted by molar-refractivity contribution is 0.254. The number of nitrogens with zero attached hydrogens (tertiary/aromatic N) is 3. The average molecular weight is 233 g/mol. The van der Waals surface area contributed by atoms with Crippen molar-refractivity contribution in [2.24, 2.45) is 0 Å². The Morgan fingerprint density at radius 2 is 2.12 bits per heavy atom. The standard InChI is InChI=1S/C11H15N5O/c1-7(2)10-15-14-9-5-4-8(6-16(9)10)13-11(17)12-3/h4-7H,1-3H3,(H2,12,13,17). The molecule has 2 amide bonds. The SMILES string of the molecule is CNC(=O)Nc1ccc2nnc(C(C)C)n2c1. The first-order chi connectivity index (χ1) is 8.11. The van der Waals surface area contributed by atoms with Gasteiger partial charge in [-0.15, -0.1) is 10.2 Å². The van der Waals surface area contributed by atoms with Gasteiger partial charge in [-0.1, -0.05) is 13.8 Å². The molecule has 0 saturated heterocycles. The van der Waals surface area contributed by atoms with E-state index in [1.54, 1.807) is 13.1 Å². The summed E-state index contributed by atoms with van der Waals surface area (Å²) in [6.45, 7) is 4.10. The molecule has 0 spiro atoms. The van der Waals surface area contributed by atoms with Crippen LogP contribution in [0.15, 0.2) is 18.3 Å². The number of carbonyl (C=O) groups excluding carboxylic acids is 1. The van der Waals surface area contributed by atoms with Crippen LogP contribution in [-0.2, 0) is 0 Å². The third-order valence-corrected chi connectivity index (χ3v) is 2.43. The molecule has 0 aromatic carbocycles. The van der Waals surface area contributed by atoms with Gasteiger partial charge in [0.15, 0.2) is 5.65 Å². The number of nitrogens with one attached hydrogen (secondary N) is 2. The Hall–Kier alpha value is -2.11. The van der Waals surface area contributed by atoms with E-state index in [1.807, 2.05) is 16.7 Å². The predicted molar refractivity (Wildman–Crippen MR) is 65.2 cm³/mol. The van der Waals surface area contributed by atoms with E-state index in [2.05, 4.69) is 34.7 Å². The maximum atomic E-state index is 11.2. The van der Waals surface area contributed by atoms with Crippen molar-refractivity contribution in [2.45, 2.75) is 19.8 Å². The van der Waals surface area contributed by atoms with Crippen LogP contribution in [0.2, 0.25) is 0 Å². The molecule has 0 bridgehead atoms. The van der Waals surface area contributed by atoms with Crippen LogP contribution in [0, 0.1) is 0 Å². The molecule has 0 aliphatic heterocycles. The van der Waals surface area contributed by atoms with Crippen molar-refractivity contribution in [3.63, 3.8) is 0 Å². The van der Waals surface area contributed by atoms with E-state index >= 15 is 0 Å². The Bertz CT molecular complexity index is 546. The van der Waals surface area contributed by atoms with Gasteiger partial charge in [0, 0.05) is 19.2 Å². The number of carbonyl (C=O) groups is 1. The van der Waals surface area contributed by atoms with Crippen molar-refractivity contribution in [1.29, 1.82) is 0 Å². The Balaban J connectivity index is 2.41. The molecule has 0 aliphatic carbocycles. The quantitative estimate of drug-likeness (QED) is 0.827. The zero-order chi connectivity index (χ0) is 12.4. The second-order valence-electron chi connectivity index (χ2n) is 4.06. The Morgan fingerprint density at radius 3 is 2.76 bits per heavy atom. The van der Waals surface area contributed by atoms with E-state index in [9.17, 15) is 4.79 Å². The van der Waals surface area contributed by atoms with E-state index in [1.165, 1.54) is 0 Å². The number of rotatable bonds is 2. The lowest BCUT2D eigenvalue weighted by Gasteiger charge is -2.06. The van der Waals surface area contributed by atoms with Crippen LogP contribution in [0.25, 0.3) is 5.65 Å². The fourth-order valence-electron chi connectivity index (χ4n) is 1.57. The van der Waals surface area contributed by atoms with E-state index in [4.69, 9.17) is 0 Å². The van der Waals surface area contributed by atoms with Crippen molar-refractivity contribution in [1.82, 2.24) is 19.9 Å². The third kappa shape index (κ3) is 2.20. The van der Waals surface area contributed by atoms with Crippen LogP contribution in [0.1, 0.15) is 25.6 Å². The lowest BCUT2D eigenvalue weighted by atomic mass is 10.2. The largest absolute Gasteiger partial charge is 0.341 e. The Morgan fingerprint density at radius 1 is 1.35 bits per heavy atom. The average Bonchev–Trinajstić information content (AvgIpc) is 2.71. The van der Waals surface area contributed by atoms with E-state index in [-0.39, 0.29) is 11.9 Å². The summed E-state index contributed by atoms with van der Waals surface area (Å²) in [6, 6.07) is 3.37. The molecule has 0 radical (unpaired) electrons. The van der Waals surface area contributed by atoms with Crippen molar-refractivity contribution >= 4 is 17.4 Å². The number of aromatic nitrogens is 3. The fourth-order valence-corrected chi connectivity index (χ4v) is 1.57. The maximum absolute atomic E-state index is 11.2. The van der Waals surface area contributed by atoms with Gasteiger partial charge in [-0.05, 0) is 12.1 Å². The van der Waals surface area contributed by atoms with Gasteiger partial charge >= 0.3 is 6.03 Å². The van der Waals surface area contributed by atoms with Gasteiger partial charge < -0.3 is 10.6 Å². The molecule has 2 rings (SSSR count). The van der Waals surface area contributed by atoms with Crippen LogP contribution < -0.4 is 10.6 Å². The van der Waals surface area contributed by atoms with Gasteiger partial charge in [0.2, 0.25) is 0 Å². The molecule has 0 atom stereocenters. The number of hydrogen-bond donors (Lipinski definition) is 2. The van der Waals surface area contributed by atoms with Crippen molar-refractivity contribution in [3.8, 4) is 0 Å². The topological polar surface area (TPSA) is 71.3 Å². The minimum atomic E-state index is -0.247. The summed E-state index contributed by atoms with van der Waals surface area (Å²) in [5.41, 5.74) is 1.48. The zero-order valence-electron chi connectivity index (χ0n) is 10.1. The molecule has 6 heteroatoms. The van der Waals surface area contributed by atoms with E-state index in [0.29, 0.717) is 5.69 Å². The molecule has 6 nitrogen and oxygen atoms in total. The summed E-state index contributed by atoms with van der Waals surface area (Å²) in [5, 5.41) is 13.4. The van der Waals surface area contributed by atoms with Crippen molar-refractivity contribution in [2.75, 3.05) is 12.4 Å². The molecular weight excluding hydrogens is 218 g/mol. The van der Waals surface area contributed by atoms with Gasteiger partial charge in [-0.2, -0.15) is 0 Å². The van der Waals surface area contributed by atoms with E-state index < -0.39 is 0 Å². The summed E-state index contributed by atoms with van der Waals surface area (Å²) in [4.78, 5) is 11.2. The molecule has 0 aliphatic rings. The molecule has 17 heavy (non-hydrogen) atoms. The van der Waals surface area contributed by atoms with Gasteiger partial charge in [0.05, 0.1) is 5.69 Å².